The smallest absolute Gasteiger partial charge is 0.251 e. The zero-order valence-corrected chi connectivity index (χ0v) is 14.9. The minimum absolute atomic E-state index is 0.0906. The molecule has 0 aliphatic rings. The number of para-hydroxylation sites is 1. The molecule has 0 bridgehead atoms. The van der Waals surface area contributed by atoms with Gasteiger partial charge in [-0.2, -0.15) is 0 Å². The lowest BCUT2D eigenvalue weighted by Gasteiger charge is -2.08. The van der Waals surface area contributed by atoms with Crippen molar-refractivity contribution in [2.24, 2.45) is 0 Å². The van der Waals surface area contributed by atoms with E-state index in [0.29, 0.717) is 24.5 Å². The minimum Gasteiger partial charge on any atom is -0.385 e. The van der Waals surface area contributed by atoms with Crippen LogP contribution in [0.3, 0.4) is 0 Å². The van der Waals surface area contributed by atoms with Gasteiger partial charge in [-0.05, 0) is 36.6 Å². The van der Waals surface area contributed by atoms with Crippen LogP contribution in [0, 0.1) is 0 Å². The van der Waals surface area contributed by atoms with E-state index >= 15 is 0 Å². The summed E-state index contributed by atoms with van der Waals surface area (Å²) in [6.07, 6.45) is 5.32. The van der Waals surface area contributed by atoms with Crippen LogP contribution >= 0.6 is 0 Å². The molecule has 0 atom stereocenters. The molecule has 1 aromatic carbocycles. The largest absolute Gasteiger partial charge is 0.385 e. The number of fused-ring (bicyclic) bond motifs is 1. The van der Waals surface area contributed by atoms with Crippen molar-refractivity contribution in [1.29, 1.82) is 0 Å². The number of hydrogen-bond donors (Lipinski definition) is 3. The quantitative estimate of drug-likeness (QED) is 0.517. The lowest BCUT2D eigenvalue weighted by molar-refractivity contribution is 0.0954. The van der Waals surface area contributed by atoms with Crippen LogP contribution in [0.1, 0.15) is 22.3 Å². The molecule has 0 saturated heterocycles. The Kier molecular flexibility index (Phi) is 6.22. The number of rotatable bonds is 9. The van der Waals surface area contributed by atoms with Crippen molar-refractivity contribution < 1.29 is 9.53 Å². The molecule has 3 N–H and O–H groups in total. The number of aromatic amines is 1. The molecule has 0 aliphatic carbocycles. The van der Waals surface area contributed by atoms with Crippen molar-refractivity contribution in [3.05, 3.63) is 59.9 Å². The summed E-state index contributed by atoms with van der Waals surface area (Å²) in [7, 11) is 1.68. The highest BCUT2D eigenvalue weighted by Gasteiger charge is 2.08. The summed E-state index contributed by atoms with van der Waals surface area (Å²) in [5.74, 6) is 0.609. The molecule has 0 spiro atoms. The third kappa shape index (κ3) is 4.61. The second-order valence-corrected chi connectivity index (χ2v) is 6.07. The van der Waals surface area contributed by atoms with E-state index in [1.807, 2.05) is 18.3 Å². The Morgan fingerprint density at radius 3 is 3.00 bits per heavy atom. The maximum atomic E-state index is 12.4. The standard InChI is InChI=1S/C20H24N4O2/c1-26-12-4-9-21-19-13-15(7-10-22-19)20(25)23-11-8-16-14-24-18-6-3-2-5-17(16)18/h2-3,5-7,10,13-14,24H,4,8-9,11-12H2,1H3,(H,21,22)(H,23,25). The van der Waals surface area contributed by atoms with Crippen molar-refractivity contribution in [1.82, 2.24) is 15.3 Å². The summed E-state index contributed by atoms with van der Waals surface area (Å²) in [5.41, 5.74) is 2.93. The predicted octanol–water partition coefficient (Wildman–Crippen LogP) is 2.98. The number of aromatic nitrogens is 2. The molecular formula is C20H24N4O2. The average molecular weight is 352 g/mol. The van der Waals surface area contributed by atoms with Crippen LogP contribution in [0.4, 0.5) is 5.82 Å². The molecule has 3 aromatic rings. The molecule has 2 heterocycles. The maximum Gasteiger partial charge on any atom is 0.251 e. The van der Waals surface area contributed by atoms with Gasteiger partial charge in [-0.3, -0.25) is 4.79 Å². The molecule has 6 nitrogen and oxygen atoms in total. The number of nitrogens with one attached hydrogen (secondary N) is 3. The van der Waals surface area contributed by atoms with Crippen LogP contribution in [0.2, 0.25) is 0 Å². The molecular weight excluding hydrogens is 328 g/mol. The average Bonchev–Trinajstić information content (AvgIpc) is 3.09. The van der Waals surface area contributed by atoms with E-state index in [1.54, 1.807) is 25.4 Å². The summed E-state index contributed by atoms with van der Waals surface area (Å²) in [6.45, 7) is 2.03. The molecule has 3 rings (SSSR count). The van der Waals surface area contributed by atoms with Crippen LogP contribution in [0.25, 0.3) is 10.9 Å². The maximum absolute atomic E-state index is 12.4. The Morgan fingerprint density at radius 2 is 2.12 bits per heavy atom. The topological polar surface area (TPSA) is 79.0 Å². The molecule has 0 fully saturated rings. The summed E-state index contributed by atoms with van der Waals surface area (Å²) in [4.78, 5) is 19.9. The van der Waals surface area contributed by atoms with Gasteiger partial charge in [0.05, 0.1) is 0 Å². The van der Waals surface area contributed by atoms with Gasteiger partial charge in [-0.25, -0.2) is 4.98 Å². The number of carbonyl (C=O) groups is 1. The van der Waals surface area contributed by atoms with Crippen molar-refractivity contribution in [2.45, 2.75) is 12.8 Å². The minimum atomic E-state index is -0.0906. The number of anilines is 1. The fraction of sp³-hybridized carbons (Fsp3) is 0.300. The van der Waals surface area contributed by atoms with Crippen LogP contribution in [0.5, 0.6) is 0 Å². The molecule has 1 amide bonds. The van der Waals surface area contributed by atoms with Crippen LogP contribution in [-0.2, 0) is 11.2 Å². The van der Waals surface area contributed by atoms with Gasteiger partial charge in [0.1, 0.15) is 5.82 Å². The lowest BCUT2D eigenvalue weighted by Crippen LogP contribution is -2.25. The monoisotopic (exact) mass is 352 g/mol. The first-order chi connectivity index (χ1) is 12.8. The Hall–Kier alpha value is -2.86. The third-order valence-electron chi connectivity index (χ3n) is 4.21. The number of carbonyl (C=O) groups excluding carboxylic acids is 1. The van der Waals surface area contributed by atoms with E-state index in [-0.39, 0.29) is 5.91 Å². The van der Waals surface area contributed by atoms with Gasteiger partial charge in [-0.1, -0.05) is 18.2 Å². The van der Waals surface area contributed by atoms with E-state index < -0.39 is 0 Å². The Bertz CT molecular complexity index is 860. The Labute approximate surface area is 153 Å². The number of H-pyrrole nitrogens is 1. The first kappa shape index (κ1) is 17.9. The van der Waals surface area contributed by atoms with Crippen molar-refractivity contribution >= 4 is 22.6 Å². The second-order valence-electron chi connectivity index (χ2n) is 6.07. The lowest BCUT2D eigenvalue weighted by atomic mass is 10.1. The van der Waals surface area contributed by atoms with Gasteiger partial charge in [0.15, 0.2) is 0 Å². The molecule has 0 aliphatic heterocycles. The number of hydrogen-bond acceptors (Lipinski definition) is 4. The molecule has 136 valence electrons. The van der Waals surface area contributed by atoms with E-state index in [9.17, 15) is 4.79 Å². The first-order valence-electron chi connectivity index (χ1n) is 8.80. The molecule has 2 aromatic heterocycles. The number of ether oxygens (including phenoxy) is 1. The van der Waals surface area contributed by atoms with E-state index in [0.717, 1.165) is 24.9 Å². The van der Waals surface area contributed by atoms with E-state index in [2.05, 4.69) is 32.7 Å². The van der Waals surface area contributed by atoms with Crippen molar-refractivity contribution in [2.75, 3.05) is 32.1 Å². The number of nitrogens with zero attached hydrogens (tertiary/aromatic N) is 1. The van der Waals surface area contributed by atoms with Gasteiger partial charge in [0.2, 0.25) is 0 Å². The van der Waals surface area contributed by atoms with Crippen LogP contribution in [0.15, 0.2) is 48.8 Å². The number of methoxy groups -OCH3 is 1. The van der Waals surface area contributed by atoms with Gasteiger partial charge in [-0.15, -0.1) is 0 Å². The number of amides is 1. The van der Waals surface area contributed by atoms with Crippen LogP contribution in [-0.4, -0.2) is 42.7 Å². The highest BCUT2D eigenvalue weighted by atomic mass is 16.5. The second kappa shape index (κ2) is 9.01. The highest BCUT2D eigenvalue weighted by Crippen LogP contribution is 2.17. The van der Waals surface area contributed by atoms with Gasteiger partial charge in [0, 0.05) is 55.7 Å². The van der Waals surface area contributed by atoms with Crippen molar-refractivity contribution in [3.63, 3.8) is 0 Å². The third-order valence-corrected chi connectivity index (χ3v) is 4.21. The fourth-order valence-electron chi connectivity index (χ4n) is 2.85. The molecule has 0 radical (unpaired) electrons. The molecule has 6 heteroatoms. The predicted molar refractivity (Wildman–Crippen MR) is 104 cm³/mol. The first-order valence-corrected chi connectivity index (χ1v) is 8.80. The number of benzene rings is 1. The zero-order chi connectivity index (χ0) is 18.2. The van der Waals surface area contributed by atoms with Gasteiger partial charge in [0.25, 0.3) is 5.91 Å². The fourth-order valence-corrected chi connectivity index (χ4v) is 2.85. The van der Waals surface area contributed by atoms with E-state index in [4.69, 9.17) is 4.74 Å². The van der Waals surface area contributed by atoms with Crippen LogP contribution < -0.4 is 10.6 Å². The normalized spacial score (nSPS) is 10.8. The molecule has 0 saturated carbocycles. The van der Waals surface area contributed by atoms with Gasteiger partial charge < -0.3 is 20.4 Å². The Balaban J connectivity index is 1.51. The summed E-state index contributed by atoms with van der Waals surface area (Å²) < 4.78 is 5.02. The zero-order valence-electron chi connectivity index (χ0n) is 14.9. The highest BCUT2D eigenvalue weighted by molar-refractivity contribution is 5.94. The SMILES string of the molecule is COCCCNc1cc(C(=O)NCCc2c[nH]c3ccccc23)ccn1. The summed E-state index contributed by atoms with van der Waals surface area (Å²) >= 11 is 0. The Morgan fingerprint density at radius 1 is 1.23 bits per heavy atom. The van der Waals surface area contributed by atoms with Gasteiger partial charge >= 0.3 is 0 Å². The molecule has 26 heavy (non-hydrogen) atoms. The molecule has 0 unspecified atom stereocenters. The summed E-state index contributed by atoms with van der Waals surface area (Å²) in [6, 6.07) is 11.7. The van der Waals surface area contributed by atoms with Crippen molar-refractivity contribution in [3.8, 4) is 0 Å². The summed E-state index contributed by atoms with van der Waals surface area (Å²) in [5, 5.41) is 7.38. The number of pyridine rings is 1. The van der Waals surface area contributed by atoms with E-state index in [1.165, 1.54) is 10.9 Å².